The van der Waals surface area contributed by atoms with Crippen LogP contribution in [0.4, 0.5) is 0 Å². The van der Waals surface area contributed by atoms with E-state index in [1.807, 2.05) is 16.8 Å². The summed E-state index contributed by atoms with van der Waals surface area (Å²) in [6.07, 6.45) is 0. The molecule has 0 unspecified atom stereocenters. The summed E-state index contributed by atoms with van der Waals surface area (Å²) in [4.78, 5) is 24.9. The molecule has 2 aromatic heterocycles. The number of benzene rings is 1. The van der Waals surface area contributed by atoms with E-state index in [1.165, 1.54) is 11.3 Å². The van der Waals surface area contributed by atoms with E-state index in [4.69, 9.17) is 9.47 Å². The zero-order valence-electron chi connectivity index (χ0n) is 13.3. The van der Waals surface area contributed by atoms with E-state index >= 15 is 0 Å². The first-order valence-electron chi connectivity index (χ1n) is 7.29. The number of ether oxygens (including phenoxy) is 2. The highest BCUT2D eigenvalue weighted by atomic mass is 32.1. The second kappa shape index (κ2) is 7.67. The van der Waals surface area contributed by atoms with E-state index in [2.05, 4.69) is 15.4 Å². The second-order valence-corrected chi connectivity index (χ2v) is 5.75. The number of ketones is 1. The number of hydrogen-bond donors (Lipinski definition) is 0. The molecule has 8 nitrogen and oxygen atoms in total. The van der Waals surface area contributed by atoms with E-state index < -0.39 is 5.97 Å². The molecule has 0 aliphatic carbocycles. The van der Waals surface area contributed by atoms with Gasteiger partial charge >= 0.3 is 5.97 Å². The van der Waals surface area contributed by atoms with Gasteiger partial charge in [-0.3, -0.25) is 4.79 Å². The molecule has 3 aromatic rings. The Morgan fingerprint density at radius 2 is 2.00 bits per heavy atom. The zero-order valence-corrected chi connectivity index (χ0v) is 14.1. The highest BCUT2D eigenvalue weighted by Crippen LogP contribution is 2.16. The van der Waals surface area contributed by atoms with Crippen molar-refractivity contribution in [3.63, 3.8) is 0 Å². The molecular weight excluding hydrogens is 344 g/mol. The van der Waals surface area contributed by atoms with Gasteiger partial charge in [0.2, 0.25) is 5.82 Å². The van der Waals surface area contributed by atoms with E-state index in [0.717, 1.165) is 10.4 Å². The molecule has 25 heavy (non-hydrogen) atoms. The third-order valence-corrected chi connectivity index (χ3v) is 3.96. The number of rotatable bonds is 7. The molecule has 0 spiro atoms. The van der Waals surface area contributed by atoms with Crippen molar-refractivity contribution in [2.24, 2.45) is 0 Å². The molecule has 0 radical (unpaired) electrons. The number of thiophene rings is 1. The lowest BCUT2D eigenvalue weighted by Crippen LogP contribution is -2.19. The van der Waals surface area contributed by atoms with Crippen molar-refractivity contribution in [1.82, 2.24) is 20.2 Å². The first-order valence-corrected chi connectivity index (χ1v) is 8.23. The lowest BCUT2D eigenvalue weighted by atomic mass is 10.1. The normalized spacial score (nSPS) is 10.4. The van der Waals surface area contributed by atoms with Crippen LogP contribution in [0.15, 0.2) is 41.1 Å². The summed E-state index contributed by atoms with van der Waals surface area (Å²) in [5.41, 5.74) is 1.27. The topological polar surface area (TPSA) is 96.2 Å². The summed E-state index contributed by atoms with van der Waals surface area (Å²) in [7, 11) is 1.54. The first kappa shape index (κ1) is 16.8. The van der Waals surface area contributed by atoms with Gasteiger partial charge in [-0.05, 0) is 40.9 Å². The summed E-state index contributed by atoms with van der Waals surface area (Å²) in [6.45, 7) is -0.565. The highest BCUT2D eigenvalue weighted by molar-refractivity contribution is 7.08. The first-order chi connectivity index (χ1) is 12.2. The number of Topliss-reactive ketones (excluding diaryl/α,β-unsaturated/α-hetero) is 1. The van der Waals surface area contributed by atoms with Crippen LogP contribution in [0, 0.1) is 0 Å². The molecule has 1 aromatic carbocycles. The molecule has 128 valence electrons. The molecule has 0 saturated heterocycles. The number of aromatic nitrogens is 4. The molecule has 0 aliphatic rings. The number of methoxy groups -OCH3 is 1. The largest absolute Gasteiger partial charge is 0.497 e. The molecular formula is C16H14N4O4S. The van der Waals surface area contributed by atoms with Crippen LogP contribution in [0.5, 0.6) is 5.75 Å². The molecule has 0 atom stereocenters. The molecule has 0 amide bonds. The van der Waals surface area contributed by atoms with Crippen LogP contribution in [0.2, 0.25) is 0 Å². The number of carbonyl (C=O) groups is 2. The van der Waals surface area contributed by atoms with E-state index in [9.17, 15) is 9.59 Å². The van der Waals surface area contributed by atoms with Crippen molar-refractivity contribution in [3.05, 3.63) is 46.7 Å². The van der Waals surface area contributed by atoms with Gasteiger partial charge in [-0.1, -0.05) is 0 Å². The van der Waals surface area contributed by atoms with Gasteiger partial charge in [0.1, 0.15) is 5.75 Å². The lowest BCUT2D eigenvalue weighted by molar-refractivity contribution is -0.143. The zero-order chi connectivity index (χ0) is 17.6. The predicted octanol–water partition coefficient (Wildman–Crippen LogP) is 1.84. The molecule has 0 aliphatic heterocycles. The van der Waals surface area contributed by atoms with Gasteiger partial charge in [0, 0.05) is 16.5 Å². The molecule has 0 N–H and O–H groups in total. The van der Waals surface area contributed by atoms with Gasteiger partial charge in [0.25, 0.3) is 0 Å². The Kier molecular flexibility index (Phi) is 5.14. The van der Waals surface area contributed by atoms with Gasteiger partial charge in [-0.25, -0.2) is 4.79 Å². The van der Waals surface area contributed by atoms with Crippen molar-refractivity contribution in [1.29, 1.82) is 0 Å². The minimum atomic E-state index is -0.615. The lowest BCUT2D eigenvalue weighted by Gasteiger charge is -2.04. The fraction of sp³-hybridized carbons (Fsp3) is 0.188. The van der Waals surface area contributed by atoms with Crippen molar-refractivity contribution >= 4 is 23.1 Å². The van der Waals surface area contributed by atoms with Gasteiger partial charge in [-0.15, -0.1) is 10.2 Å². The highest BCUT2D eigenvalue weighted by Gasteiger charge is 2.13. The Morgan fingerprint density at radius 3 is 2.68 bits per heavy atom. The van der Waals surface area contributed by atoms with Crippen LogP contribution >= 0.6 is 11.3 Å². The Bertz CT molecular complexity index is 859. The smallest absolute Gasteiger partial charge is 0.330 e. The predicted molar refractivity (Wildman–Crippen MR) is 89.4 cm³/mol. The Balaban J connectivity index is 1.51. The quantitative estimate of drug-likeness (QED) is 0.469. The molecule has 3 rings (SSSR count). The Morgan fingerprint density at radius 1 is 1.20 bits per heavy atom. The van der Waals surface area contributed by atoms with Crippen LogP contribution in [-0.2, 0) is 16.1 Å². The minimum absolute atomic E-state index is 0.215. The Hall–Kier alpha value is -3.07. The third-order valence-electron chi connectivity index (χ3n) is 3.28. The average molecular weight is 358 g/mol. The number of tetrazole rings is 1. The SMILES string of the molecule is COc1ccc(C(=O)COC(=O)Cn2nnc(-c3ccsc3)n2)cc1. The minimum Gasteiger partial charge on any atom is -0.497 e. The number of carbonyl (C=O) groups excluding carboxylic acids is 2. The molecule has 0 saturated carbocycles. The number of esters is 1. The fourth-order valence-electron chi connectivity index (χ4n) is 1.98. The maximum atomic E-state index is 12.0. The molecule has 0 fully saturated rings. The van der Waals surface area contributed by atoms with Gasteiger partial charge in [0.15, 0.2) is 18.9 Å². The summed E-state index contributed by atoms with van der Waals surface area (Å²) in [6, 6.07) is 8.42. The molecule has 9 heteroatoms. The van der Waals surface area contributed by atoms with Crippen LogP contribution < -0.4 is 4.74 Å². The van der Waals surface area contributed by atoms with Crippen LogP contribution in [-0.4, -0.2) is 45.7 Å². The monoisotopic (exact) mass is 358 g/mol. The maximum Gasteiger partial charge on any atom is 0.330 e. The summed E-state index contributed by atoms with van der Waals surface area (Å²) in [5.74, 6) is 0.160. The van der Waals surface area contributed by atoms with Crippen LogP contribution in [0.1, 0.15) is 10.4 Å². The summed E-state index contributed by atoms with van der Waals surface area (Å²) < 4.78 is 10.00. The van der Waals surface area contributed by atoms with E-state index in [1.54, 1.807) is 31.4 Å². The van der Waals surface area contributed by atoms with Crippen LogP contribution in [0.25, 0.3) is 11.4 Å². The average Bonchev–Trinajstić information content (AvgIpc) is 3.31. The number of hydrogen-bond acceptors (Lipinski definition) is 8. The van der Waals surface area contributed by atoms with Gasteiger partial charge in [-0.2, -0.15) is 16.1 Å². The van der Waals surface area contributed by atoms with Crippen LogP contribution in [0.3, 0.4) is 0 Å². The van der Waals surface area contributed by atoms with Crippen molar-refractivity contribution in [3.8, 4) is 17.1 Å². The molecule has 2 heterocycles. The van der Waals surface area contributed by atoms with Gasteiger partial charge in [0.05, 0.1) is 7.11 Å². The standard InChI is InChI=1S/C16H14N4O4S/c1-23-13-4-2-11(3-5-13)14(21)9-24-15(22)8-20-18-16(17-19-20)12-6-7-25-10-12/h2-7,10H,8-9H2,1H3. The van der Waals surface area contributed by atoms with E-state index in [0.29, 0.717) is 17.1 Å². The third kappa shape index (κ3) is 4.27. The van der Waals surface area contributed by atoms with Crippen molar-refractivity contribution in [2.75, 3.05) is 13.7 Å². The maximum absolute atomic E-state index is 12.0. The van der Waals surface area contributed by atoms with Crippen molar-refractivity contribution in [2.45, 2.75) is 6.54 Å². The Labute approximate surface area is 147 Å². The fourth-order valence-corrected chi connectivity index (χ4v) is 2.62. The summed E-state index contributed by atoms with van der Waals surface area (Å²) >= 11 is 1.52. The van der Waals surface area contributed by atoms with Gasteiger partial charge < -0.3 is 9.47 Å². The number of nitrogens with zero attached hydrogens (tertiary/aromatic N) is 4. The van der Waals surface area contributed by atoms with Crippen molar-refractivity contribution < 1.29 is 19.1 Å². The molecule has 0 bridgehead atoms. The van der Waals surface area contributed by atoms with E-state index in [-0.39, 0.29) is 18.9 Å². The summed E-state index contributed by atoms with van der Waals surface area (Å²) in [5, 5.41) is 15.5. The second-order valence-electron chi connectivity index (χ2n) is 4.97.